The highest BCUT2D eigenvalue weighted by Crippen LogP contribution is 2.47. The Hall–Kier alpha value is -4.07. The van der Waals surface area contributed by atoms with Crippen molar-refractivity contribution in [2.75, 3.05) is 56.5 Å². The second kappa shape index (κ2) is 12.5. The van der Waals surface area contributed by atoms with Crippen molar-refractivity contribution in [3.8, 4) is 23.2 Å². The van der Waals surface area contributed by atoms with Gasteiger partial charge >= 0.3 is 18.1 Å². The van der Waals surface area contributed by atoms with Crippen LogP contribution in [0.25, 0.3) is 32.1 Å². The molecule has 0 saturated carbocycles. The SMILES string of the molecule is N#Cc1c(N)sc2c(F)ccc(-c3c(Cl)cc4c(N5CCCCC6(CN(C(=O)C(F)(F)F)C6)C5)nc(OC[C@@]56CCCN5C[C@H](F)C6)nc4c3F)c12. The molecule has 2 aromatic heterocycles. The van der Waals surface area contributed by atoms with Gasteiger partial charge in [0.25, 0.3) is 0 Å². The van der Waals surface area contributed by atoms with E-state index in [2.05, 4.69) is 9.88 Å². The van der Waals surface area contributed by atoms with Gasteiger partial charge in [-0.3, -0.25) is 9.69 Å². The van der Waals surface area contributed by atoms with E-state index in [-0.39, 0.29) is 98.7 Å². The van der Waals surface area contributed by atoms with Crippen LogP contribution in [0.15, 0.2) is 18.2 Å². The Morgan fingerprint density at radius 1 is 1.13 bits per heavy atom. The van der Waals surface area contributed by atoms with Gasteiger partial charge in [0.05, 0.1) is 20.8 Å². The van der Waals surface area contributed by atoms with Crippen molar-refractivity contribution in [3.05, 3.63) is 40.4 Å². The van der Waals surface area contributed by atoms with Crippen molar-refractivity contribution < 1.29 is 35.9 Å². The van der Waals surface area contributed by atoms with Crippen molar-refractivity contribution in [2.24, 2.45) is 5.41 Å². The Morgan fingerprint density at radius 3 is 2.67 bits per heavy atom. The number of carbonyl (C=O) groups is 1. The largest absolute Gasteiger partial charge is 0.471 e. The summed E-state index contributed by atoms with van der Waals surface area (Å²) in [5, 5.41) is 10.2. The number of nitriles is 1. The second-order valence-electron chi connectivity index (χ2n) is 14.4. The first-order chi connectivity index (χ1) is 24.7. The number of aromatic nitrogens is 2. The van der Waals surface area contributed by atoms with Gasteiger partial charge in [0.2, 0.25) is 0 Å². The third-order valence-electron chi connectivity index (χ3n) is 11.1. The number of rotatable bonds is 5. The van der Waals surface area contributed by atoms with Crippen LogP contribution in [0, 0.1) is 28.4 Å². The molecule has 17 heteroatoms. The first kappa shape index (κ1) is 35.0. The zero-order chi connectivity index (χ0) is 36.7. The molecule has 0 unspecified atom stereocenters. The number of hydrogen-bond acceptors (Lipinski definition) is 9. The van der Waals surface area contributed by atoms with Crippen LogP contribution in [0.1, 0.15) is 44.1 Å². The van der Waals surface area contributed by atoms with Gasteiger partial charge in [-0.05, 0) is 49.9 Å². The molecule has 4 aromatic rings. The molecule has 274 valence electrons. The molecule has 52 heavy (non-hydrogen) atoms. The number of anilines is 2. The standard InChI is InChI=1S/C35H32ClF6N7O2S/c36-22-10-20-27(26(39)25(22)19-4-5-23(38)28-24(19)21(12-43)29(44)52-28)45-32(51-17-34-7-3-9-49(34)13-18(37)11-34)46-30(20)47-8-2-1-6-33(14-47)15-48(16-33)31(50)35(40,41)42/h4-5,10,18H,1-3,6-9,11,13-17,44H2/t18-,34+/m1/s1. The number of thiophene rings is 1. The van der Waals surface area contributed by atoms with E-state index in [1.807, 2.05) is 11.0 Å². The summed E-state index contributed by atoms with van der Waals surface area (Å²) in [5.74, 6) is -3.17. The number of carbonyl (C=O) groups excluding carboxylic acids is 1. The van der Waals surface area contributed by atoms with Gasteiger partial charge in [-0.15, -0.1) is 11.3 Å². The minimum Gasteiger partial charge on any atom is -0.461 e. The van der Waals surface area contributed by atoms with E-state index >= 15 is 4.39 Å². The molecule has 4 fully saturated rings. The summed E-state index contributed by atoms with van der Waals surface area (Å²) >= 11 is 7.70. The zero-order valence-electron chi connectivity index (χ0n) is 27.6. The van der Waals surface area contributed by atoms with Crippen LogP contribution < -0.4 is 15.4 Å². The van der Waals surface area contributed by atoms with Gasteiger partial charge in [0, 0.05) is 60.9 Å². The molecular weight excluding hydrogens is 732 g/mol. The fourth-order valence-corrected chi connectivity index (χ4v) is 10.0. The quantitative estimate of drug-likeness (QED) is 0.212. The van der Waals surface area contributed by atoms with Crippen LogP contribution in [0.2, 0.25) is 5.02 Å². The number of nitrogens with two attached hydrogens (primary N) is 1. The maximum atomic E-state index is 17.1. The maximum absolute atomic E-state index is 17.1. The highest BCUT2D eigenvalue weighted by Gasteiger charge is 2.53. The van der Waals surface area contributed by atoms with E-state index in [4.69, 9.17) is 27.1 Å². The molecule has 4 aliphatic rings. The first-order valence-electron chi connectivity index (χ1n) is 17.0. The van der Waals surface area contributed by atoms with E-state index in [1.54, 1.807) is 0 Å². The number of likely N-dealkylation sites (tertiary alicyclic amines) is 1. The average molecular weight is 764 g/mol. The number of halogens is 7. The summed E-state index contributed by atoms with van der Waals surface area (Å²) in [6.45, 7) is 1.51. The molecule has 2 aromatic carbocycles. The van der Waals surface area contributed by atoms with Crippen LogP contribution in [0.5, 0.6) is 6.01 Å². The number of alkyl halides is 4. The molecule has 4 aliphatic heterocycles. The number of nitrogen functional groups attached to an aromatic ring is 1. The first-order valence-corrected chi connectivity index (χ1v) is 18.2. The van der Waals surface area contributed by atoms with Crippen LogP contribution in [-0.2, 0) is 4.79 Å². The van der Waals surface area contributed by atoms with Crippen molar-refractivity contribution in [1.29, 1.82) is 5.26 Å². The minimum absolute atomic E-state index is 0.0195. The zero-order valence-corrected chi connectivity index (χ0v) is 29.2. The average Bonchev–Trinajstić information content (AvgIpc) is 3.66. The number of fused-ring (bicyclic) bond motifs is 3. The normalized spacial score (nSPS) is 23.2. The predicted molar refractivity (Wildman–Crippen MR) is 184 cm³/mol. The van der Waals surface area contributed by atoms with Crippen molar-refractivity contribution >= 4 is 60.7 Å². The number of benzene rings is 2. The molecule has 2 atom stereocenters. The monoisotopic (exact) mass is 763 g/mol. The number of nitrogens with zero attached hydrogens (tertiary/aromatic N) is 6. The lowest BCUT2D eigenvalue weighted by Gasteiger charge is -2.51. The summed E-state index contributed by atoms with van der Waals surface area (Å²) in [5.41, 5.74) is 4.60. The molecule has 0 radical (unpaired) electrons. The summed E-state index contributed by atoms with van der Waals surface area (Å²) in [6.07, 6.45) is -2.26. The lowest BCUT2D eigenvalue weighted by Crippen LogP contribution is -2.64. The van der Waals surface area contributed by atoms with E-state index in [1.165, 1.54) is 12.1 Å². The fourth-order valence-electron chi connectivity index (χ4n) is 8.76. The van der Waals surface area contributed by atoms with E-state index in [9.17, 15) is 32.0 Å². The molecule has 0 aliphatic carbocycles. The topological polar surface area (TPSA) is 112 Å². The van der Waals surface area contributed by atoms with Crippen LogP contribution in [0.3, 0.4) is 0 Å². The fraction of sp³-hybridized carbons (Fsp3) is 0.486. The molecule has 8 rings (SSSR count). The molecule has 1 spiro atoms. The molecule has 0 bridgehead atoms. The Bertz CT molecular complexity index is 2170. The summed E-state index contributed by atoms with van der Waals surface area (Å²) < 4.78 is 92.6. The summed E-state index contributed by atoms with van der Waals surface area (Å²) in [4.78, 5) is 25.9. The Kier molecular flexibility index (Phi) is 8.42. The minimum atomic E-state index is -4.98. The number of ether oxygens (including phenoxy) is 1. The van der Waals surface area contributed by atoms with E-state index in [0.29, 0.717) is 32.2 Å². The summed E-state index contributed by atoms with van der Waals surface area (Å²) in [6, 6.07) is 5.75. The van der Waals surface area contributed by atoms with Crippen LogP contribution in [-0.4, -0.2) is 89.4 Å². The summed E-state index contributed by atoms with van der Waals surface area (Å²) in [7, 11) is 0. The Balaban J connectivity index is 1.25. The molecule has 1 amide bonds. The van der Waals surface area contributed by atoms with Crippen molar-refractivity contribution in [3.63, 3.8) is 0 Å². The molecule has 9 nitrogen and oxygen atoms in total. The Labute approximate surface area is 302 Å². The lowest BCUT2D eigenvalue weighted by molar-refractivity contribution is -0.196. The van der Waals surface area contributed by atoms with Crippen LogP contribution >= 0.6 is 22.9 Å². The highest BCUT2D eigenvalue weighted by molar-refractivity contribution is 7.23. The van der Waals surface area contributed by atoms with Gasteiger partial charge in [-0.1, -0.05) is 24.1 Å². The Morgan fingerprint density at radius 2 is 1.92 bits per heavy atom. The van der Waals surface area contributed by atoms with Gasteiger partial charge < -0.3 is 20.3 Å². The van der Waals surface area contributed by atoms with Crippen LogP contribution in [0.4, 0.5) is 37.2 Å². The van der Waals surface area contributed by atoms with Gasteiger partial charge in [-0.25, -0.2) is 13.2 Å². The highest BCUT2D eigenvalue weighted by atomic mass is 35.5. The smallest absolute Gasteiger partial charge is 0.461 e. The van der Waals surface area contributed by atoms with Gasteiger partial charge in [0.1, 0.15) is 41.0 Å². The lowest BCUT2D eigenvalue weighted by atomic mass is 9.75. The van der Waals surface area contributed by atoms with Crippen molar-refractivity contribution in [1.82, 2.24) is 19.8 Å². The molecule has 4 saturated heterocycles. The van der Waals surface area contributed by atoms with E-state index < -0.39 is 40.8 Å². The molecule has 2 N–H and O–H groups in total. The predicted octanol–water partition coefficient (Wildman–Crippen LogP) is 7.23. The van der Waals surface area contributed by atoms with Gasteiger partial charge in [-0.2, -0.15) is 28.4 Å². The number of hydrogen-bond donors (Lipinski definition) is 1. The number of amides is 1. The maximum Gasteiger partial charge on any atom is 0.471 e. The molecule has 6 heterocycles. The van der Waals surface area contributed by atoms with Crippen molar-refractivity contribution in [2.45, 2.75) is 56.4 Å². The second-order valence-corrected chi connectivity index (χ2v) is 15.9. The van der Waals surface area contributed by atoms with Gasteiger partial charge in [0.15, 0.2) is 5.82 Å². The van der Waals surface area contributed by atoms with E-state index in [0.717, 1.165) is 35.3 Å². The molecular formula is C35H32ClF6N7O2S. The third kappa shape index (κ3) is 5.67. The third-order valence-corrected chi connectivity index (χ3v) is 12.4.